The van der Waals surface area contributed by atoms with Crippen LogP contribution in [0, 0.1) is 11.8 Å². The third kappa shape index (κ3) is 3.18. The van der Waals surface area contributed by atoms with E-state index in [1.807, 2.05) is 0 Å². The van der Waals surface area contributed by atoms with Gasteiger partial charge in [-0.3, -0.25) is 0 Å². The minimum atomic E-state index is 0.779. The quantitative estimate of drug-likeness (QED) is 0.767. The fraction of sp³-hybridized carbons (Fsp3) is 1.00. The van der Waals surface area contributed by atoms with Gasteiger partial charge in [0.2, 0.25) is 0 Å². The van der Waals surface area contributed by atoms with Crippen molar-refractivity contribution in [3.63, 3.8) is 0 Å². The van der Waals surface area contributed by atoms with Crippen LogP contribution < -0.4 is 5.32 Å². The van der Waals surface area contributed by atoms with E-state index in [1.165, 1.54) is 51.7 Å². The summed E-state index contributed by atoms with van der Waals surface area (Å²) in [6.07, 6.45) is 7.21. The van der Waals surface area contributed by atoms with Crippen LogP contribution in [0.1, 0.15) is 39.0 Å². The van der Waals surface area contributed by atoms with Gasteiger partial charge in [0.25, 0.3) is 0 Å². The minimum Gasteiger partial charge on any atom is -0.313 e. The topological polar surface area (TPSA) is 15.3 Å². The van der Waals surface area contributed by atoms with E-state index < -0.39 is 0 Å². The van der Waals surface area contributed by atoms with E-state index in [2.05, 4.69) is 24.2 Å². The molecule has 1 saturated heterocycles. The van der Waals surface area contributed by atoms with Crippen molar-refractivity contribution in [3.05, 3.63) is 0 Å². The summed E-state index contributed by atoms with van der Waals surface area (Å²) in [6, 6.07) is 0.779. The molecule has 2 rings (SSSR count). The molecule has 2 unspecified atom stereocenters. The van der Waals surface area contributed by atoms with Crippen molar-refractivity contribution in [3.8, 4) is 0 Å². The summed E-state index contributed by atoms with van der Waals surface area (Å²) in [5.41, 5.74) is 0. The highest BCUT2D eigenvalue weighted by molar-refractivity contribution is 4.82. The first-order chi connectivity index (χ1) is 7.25. The zero-order valence-corrected chi connectivity index (χ0v) is 10.3. The highest BCUT2D eigenvalue weighted by atomic mass is 15.1. The van der Waals surface area contributed by atoms with Crippen LogP contribution in [-0.4, -0.2) is 37.6 Å². The summed E-state index contributed by atoms with van der Waals surface area (Å²) in [6.45, 7) is 6.20. The number of hydrogen-bond acceptors (Lipinski definition) is 2. The first-order valence-electron chi connectivity index (χ1n) is 6.67. The van der Waals surface area contributed by atoms with E-state index in [1.54, 1.807) is 0 Å². The van der Waals surface area contributed by atoms with Crippen LogP contribution in [0.25, 0.3) is 0 Å². The number of piperidine rings is 1. The second kappa shape index (κ2) is 5.31. The molecule has 1 aliphatic carbocycles. The Bertz CT molecular complexity index is 187. The van der Waals surface area contributed by atoms with Gasteiger partial charge in [-0.25, -0.2) is 0 Å². The van der Waals surface area contributed by atoms with E-state index in [0.29, 0.717) is 0 Å². The molecule has 2 atom stereocenters. The average Bonchev–Trinajstić information content (AvgIpc) is 2.69. The largest absolute Gasteiger partial charge is 0.313 e. The molecule has 0 radical (unpaired) electrons. The summed E-state index contributed by atoms with van der Waals surface area (Å²) in [5.74, 6) is 1.81. The summed E-state index contributed by atoms with van der Waals surface area (Å²) >= 11 is 0. The predicted octanol–water partition coefficient (Wildman–Crippen LogP) is 2.11. The number of hydrogen-bond donors (Lipinski definition) is 1. The van der Waals surface area contributed by atoms with Gasteiger partial charge in [0, 0.05) is 12.6 Å². The number of likely N-dealkylation sites (tertiary alicyclic amines) is 1. The Labute approximate surface area is 94.4 Å². The lowest BCUT2D eigenvalue weighted by molar-refractivity contribution is 0.171. The Kier molecular flexibility index (Phi) is 4.04. The predicted molar refractivity (Wildman–Crippen MR) is 65.0 cm³/mol. The highest BCUT2D eigenvalue weighted by Gasteiger charge is 2.24. The molecule has 0 aromatic heterocycles. The average molecular weight is 210 g/mol. The van der Waals surface area contributed by atoms with E-state index >= 15 is 0 Å². The van der Waals surface area contributed by atoms with Crippen molar-refractivity contribution >= 4 is 0 Å². The van der Waals surface area contributed by atoms with E-state index in [-0.39, 0.29) is 0 Å². The lowest BCUT2D eigenvalue weighted by atomic mass is 9.93. The molecular weight excluding hydrogens is 184 g/mol. The van der Waals surface area contributed by atoms with E-state index in [9.17, 15) is 0 Å². The maximum Gasteiger partial charge on any atom is 0.0117 e. The van der Waals surface area contributed by atoms with Gasteiger partial charge in [0.15, 0.2) is 0 Å². The second-order valence-electron chi connectivity index (χ2n) is 5.69. The third-order valence-electron chi connectivity index (χ3n) is 4.25. The van der Waals surface area contributed by atoms with Gasteiger partial charge >= 0.3 is 0 Å². The fourth-order valence-electron chi connectivity index (χ4n) is 3.19. The normalized spacial score (nSPS) is 34.8. The number of nitrogens with one attached hydrogen (secondary N) is 1. The molecule has 2 fully saturated rings. The molecule has 1 N–H and O–H groups in total. The SMILES string of the molecule is CC1CN(C)CCC1NCC1CCCC1. The van der Waals surface area contributed by atoms with Gasteiger partial charge < -0.3 is 10.2 Å². The standard InChI is InChI=1S/C13H26N2/c1-11-10-15(2)8-7-13(11)14-9-12-5-3-4-6-12/h11-14H,3-10H2,1-2H3. The molecule has 0 spiro atoms. The van der Waals surface area contributed by atoms with Gasteiger partial charge in [-0.05, 0) is 51.2 Å². The van der Waals surface area contributed by atoms with Gasteiger partial charge in [-0.2, -0.15) is 0 Å². The van der Waals surface area contributed by atoms with Crippen molar-refractivity contribution in [1.82, 2.24) is 10.2 Å². The van der Waals surface area contributed by atoms with Crippen LogP contribution >= 0.6 is 0 Å². The van der Waals surface area contributed by atoms with Crippen molar-refractivity contribution in [2.75, 3.05) is 26.7 Å². The zero-order valence-electron chi connectivity index (χ0n) is 10.3. The maximum atomic E-state index is 3.81. The molecule has 1 aliphatic heterocycles. The Balaban J connectivity index is 1.69. The van der Waals surface area contributed by atoms with Gasteiger partial charge in [-0.1, -0.05) is 19.8 Å². The first kappa shape index (κ1) is 11.4. The molecule has 2 heteroatoms. The molecule has 0 aromatic carbocycles. The van der Waals surface area contributed by atoms with Crippen LogP contribution in [0.2, 0.25) is 0 Å². The molecule has 0 aromatic rings. The molecule has 88 valence electrons. The summed E-state index contributed by atoms with van der Waals surface area (Å²) in [7, 11) is 2.24. The molecule has 2 nitrogen and oxygen atoms in total. The van der Waals surface area contributed by atoms with Gasteiger partial charge in [0.05, 0.1) is 0 Å². The zero-order chi connectivity index (χ0) is 10.7. The monoisotopic (exact) mass is 210 g/mol. The van der Waals surface area contributed by atoms with Crippen LogP contribution in [0.3, 0.4) is 0 Å². The van der Waals surface area contributed by atoms with Crippen molar-refractivity contribution < 1.29 is 0 Å². The molecule has 0 bridgehead atoms. The number of rotatable bonds is 3. The Morgan fingerprint density at radius 2 is 1.93 bits per heavy atom. The van der Waals surface area contributed by atoms with Crippen LogP contribution in [0.4, 0.5) is 0 Å². The minimum absolute atomic E-state index is 0.779. The first-order valence-corrected chi connectivity index (χ1v) is 6.67. The Morgan fingerprint density at radius 1 is 1.20 bits per heavy atom. The second-order valence-corrected chi connectivity index (χ2v) is 5.69. The Hall–Kier alpha value is -0.0800. The van der Waals surface area contributed by atoms with Crippen molar-refractivity contribution in [2.24, 2.45) is 11.8 Å². The lowest BCUT2D eigenvalue weighted by Crippen LogP contribution is -2.47. The molecular formula is C13H26N2. The maximum absolute atomic E-state index is 3.81. The van der Waals surface area contributed by atoms with Crippen LogP contribution in [-0.2, 0) is 0 Å². The van der Waals surface area contributed by atoms with Crippen LogP contribution in [0.5, 0.6) is 0 Å². The number of nitrogens with zero attached hydrogens (tertiary/aromatic N) is 1. The van der Waals surface area contributed by atoms with E-state index in [0.717, 1.165) is 17.9 Å². The summed E-state index contributed by atoms with van der Waals surface area (Å²) in [4.78, 5) is 2.46. The molecule has 15 heavy (non-hydrogen) atoms. The van der Waals surface area contributed by atoms with Crippen molar-refractivity contribution in [2.45, 2.75) is 45.1 Å². The molecule has 1 saturated carbocycles. The summed E-state index contributed by atoms with van der Waals surface area (Å²) < 4.78 is 0. The van der Waals surface area contributed by atoms with Crippen LogP contribution in [0.15, 0.2) is 0 Å². The van der Waals surface area contributed by atoms with Gasteiger partial charge in [0.1, 0.15) is 0 Å². The summed E-state index contributed by atoms with van der Waals surface area (Å²) in [5, 5.41) is 3.81. The van der Waals surface area contributed by atoms with E-state index in [4.69, 9.17) is 0 Å². The fourth-order valence-corrected chi connectivity index (χ4v) is 3.19. The highest BCUT2D eigenvalue weighted by Crippen LogP contribution is 2.24. The van der Waals surface area contributed by atoms with Gasteiger partial charge in [-0.15, -0.1) is 0 Å². The van der Waals surface area contributed by atoms with Crippen molar-refractivity contribution in [1.29, 1.82) is 0 Å². The Morgan fingerprint density at radius 3 is 2.60 bits per heavy atom. The third-order valence-corrected chi connectivity index (χ3v) is 4.25. The molecule has 0 amide bonds. The lowest BCUT2D eigenvalue weighted by Gasteiger charge is -2.35. The molecule has 1 heterocycles. The smallest absolute Gasteiger partial charge is 0.0117 e. The molecule has 2 aliphatic rings.